The highest BCUT2D eigenvalue weighted by atomic mass is 32.2. The van der Waals surface area contributed by atoms with Crippen LogP contribution in [0.1, 0.15) is 27.9 Å². The Morgan fingerprint density at radius 2 is 2.00 bits per heavy atom. The molecule has 1 N–H and O–H groups in total. The molecule has 0 spiro atoms. The van der Waals surface area contributed by atoms with Gasteiger partial charge >= 0.3 is 0 Å². The van der Waals surface area contributed by atoms with Crippen molar-refractivity contribution in [2.24, 2.45) is 0 Å². The molecule has 6 heteroatoms. The van der Waals surface area contributed by atoms with Gasteiger partial charge in [0.15, 0.2) is 9.84 Å². The van der Waals surface area contributed by atoms with Crippen molar-refractivity contribution < 1.29 is 17.9 Å². The highest BCUT2D eigenvalue weighted by molar-refractivity contribution is 7.91. The van der Waals surface area contributed by atoms with E-state index in [1.54, 1.807) is 24.3 Å². The van der Waals surface area contributed by atoms with Crippen LogP contribution in [0, 0.1) is 6.92 Å². The fourth-order valence-electron chi connectivity index (χ4n) is 2.87. The molecule has 0 bridgehead atoms. The van der Waals surface area contributed by atoms with Crippen LogP contribution in [0.5, 0.6) is 5.75 Å². The number of sulfone groups is 1. The predicted molar refractivity (Wildman–Crippen MR) is 96.5 cm³/mol. The van der Waals surface area contributed by atoms with Crippen LogP contribution in [0.15, 0.2) is 48.5 Å². The van der Waals surface area contributed by atoms with E-state index in [0.29, 0.717) is 24.3 Å². The summed E-state index contributed by atoms with van der Waals surface area (Å²) >= 11 is 0. The van der Waals surface area contributed by atoms with Gasteiger partial charge in [-0.05, 0) is 37.1 Å². The lowest BCUT2D eigenvalue weighted by Gasteiger charge is -2.12. The van der Waals surface area contributed by atoms with Gasteiger partial charge < -0.3 is 10.1 Å². The number of hydrogen-bond donors (Lipinski definition) is 1. The van der Waals surface area contributed by atoms with E-state index in [1.807, 2.05) is 25.1 Å². The average Bonchev–Trinajstić information content (AvgIpc) is 2.92. The van der Waals surface area contributed by atoms with E-state index >= 15 is 0 Å². The SMILES string of the molecule is Cc1cccc(COc2cccc(C(=O)N[C@@H]3CCS(=O)(=O)C3)c2)c1. The summed E-state index contributed by atoms with van der Waals surface area (Å²) in [5.74, 6) is 0.483. The lowest BCUT2D eigenvalue weighted by atomic mass is 10.1. The Bertz CT molecular complexity index is 876. The minimum absolute atomic E-state index is 0.0162. The monoisotopic (exact) mass is 359 g/mol. The van der Waals surface area contributed by atoms with Gasteiger partial charge in [0.05, 0.1) is 11.5 Å². The molecule has 0 aliphatic carbocycles. The van der Waals surface area contributed by atoms with Gasteiger partial charge in [0.2, 0.25) is 0 Å². The molecule has 0 saturated carbocycles. The molecule has 5 nitrogen and oxygen atoms in total. The molecule has 2 aromatic carbocycles. The smallest absolute Gasteiger partial charge is 0.251 e. The lowest BCUT2D eigenvalue weighted by molar-refractivity contribution is 0.0940. The normalized spacial score (nSPS) is 18.7. The summed E-state index contributed by atoms with van der Waals surface area (Å²) in [4.78, 5) is 12.3. The summed E-state index contributed by atoms with van der Waals surface area (Å²) in [6.45, 7) is 2.45. The van der Waals surface area contributed by atoms with E-state index in [2.05, 4.69) is 11.4 Å². The van der Waals surface area contributed by atoms with E-state index in [-0.39, 0.29) is 23.5 Å². The van der Waals surface area contributed by atoms with Crippen molar-refractivity contribution in [2.75, 3.05) is 11.5 Å². The van der Waals surface area contributed by atoms with Crippen LogP contribution < -0.4 is 10.1 Å². The minimum atomic E-state index is -3.01. The maximum atomic E-state index is 12.3. The Morgan fingerprint density at radius 1 is 1.20 bits per heavy atom. The van der Waals surface area contributed by atoms with Crippen molar-refractivity contribution in [1.29, 1.82) is 0 Å². The molecule has 25 heavy (non-hydrogen) atoms. The zero-order valence-electron chi connectivity index (χ0n) is 14.1. The van der Waals surface area contributed by atoms with E-state index in [9.17, 15) is 13.2 Å². The fourth-order valence-corrected chi connectivity index (χ4v) is 4.55. The zero-order chi connectivity index (χ0) is 17.9. The zero-order valence-corrected chi connectivity index (χ0v) is 14.9. The fraction of sp³-hybridized carbons (Fsp3) is 0.316. The molecule has 0 radical (unpaired) electrons. The van der Waals surface area contributed by atoms with E-state index in [1.165, 1.54) is 5.56 Å². The van der Waals surface area contributed by atoms with Gasteiger partial charge in [-0.3, -0.25) is 4.79 Å². The molecule has 1 amide bonds. The van der Waals surface area contributed by atoms with Crippen LogP contribution in [0.4, 0.5) is 0 Å². The maximum Gasteiger partial charge on any atom is 0.251 e. The van der Waals surface area contributed by atoms with Crippen LogP contribution in [0.2, 0.25) is 0 Å². The lowest BCUT2D eigenvalue weighted by Crippen LogP contribution is -2.35. The van der Waals surface area contributed by atoms with Crippen molar-refractivity contribution in [1.82, 2.24) is 5.32 Å². The standard InChI is InChI=1S/C19H21NO4S/c1-14-4-2-5-15(10-14)12-24-18-7-3-6-16(11-18)19(21)20-17-8-9-25(22,23)13-17/h2-7,10-11,17H,8-9,12-13H2,1H3,(H,20,21)/t17-/m1/s1. The maximum absolute atomic E-state index is 12.3. The van der Waals surface area contributed by atoms with E-state index < -0.39 is 9.84 Å². The van der Waals surface area contributed by atoms with Crippen LogP contribution in [-0.2, 0) is 16.4 Å². The molecule has 1 saturated heterocycles. The second kappa shape index (κ2) is 7.27. The van der Waals surface area contributed by atoms with Crippen LogP contribution in [0.3, 0.4) is 0 Å². The van der Waals surface area contributed by atoms with Gasteiger partial charge in [-0.2, -0.15) is 0 Å². The molecule has 1 fully saturated rings. The summed E-state index contributed by atoms with van der Waals surface area (Å²) in [6.07, 6.45) is 0.470. The molecule has 1 aliphatic heterocycles. The Hall–Kier alpha value is -2.34. The first-order chi connectivity index (χ1) is 11.9. The third kappa shape index (κ3) is 4.82. The van der Waals surface area contributed by atoms with E-state index in [0.717, 1.165) is 5.56 Å². The number of aryl methyl sites for hydroxylation is 1. The molecule has 132 valence electrons. The van der Waals surface area contributed by atoms with Crippen LogP contribution in [-0.4, -0.2) is 31.9 Å². The Labute approximate surface area is 147 Å². The van der Waals surface area contributed by atoms with Gasteiger partial charge in [0.25, 0.3) is 5.91 Å². The first-order valence-corrected chi connectivity index (χ1v) is 10.0. The third-order valence-corrected chi connectivity index (χ3v) is 5.92. The van der Waals surface area contributed by atoms with Crippen molar-refractivity contribution in [3.05, 3.63) is 65.2 Å². The molecule has 1 atom stereocenters. The summed E-state index contributed by atoms with van der Waals surface area (Å²) in [6, 6.07) is 14.7. The molecule has 0 unspecified atom stereocenters. The Kier molecular flexibility index (Phi) is 5.08. The summed E-state index contributed by atoms with van der Waals surface area (Å²) in [5, 5.41) is 2.79. The number of amides is 1. The molecule has 1 heterocycles. The number of hydrogen-bond acceptors (Lipinski definition) is 4. The predicted octanol–water partition coefficient (Wildman–Crippen LogP) is 2.49. The molecule has 0 aromatic heterocycles. The Morgan fingerprint density at radius 3 is 2.72 bits per heavy atom. The van der Waals surface area contributed by atoms with Gasteiger partial charge in [0, 0.05) is 11.6 Å². The topological polar surface area (TPSA) is 72.5 Å². The third-order valence-electron chi connectivity index (χ3n) is 4.15. The minimum Gasteiger partial charge on any atom is -0.489 e. The van der Waals surface area contributed by atoms with Gasteiger partial charge in [-0.15, -0.1) is 0 Å². The molecular weight excluding hydrogens is 338 g/mol. The number of rotatable bonds is 5. The second-order valence-corrected chi connectivity index (χ2v) is 8.61. The Balaban J connectivity index is 1.62. The van der Waals surface area contributed by atoms with Crippen molar-refractivity contribution in [3.63, 3.8) is 0 Å². The first kappa shape index (κ1) is 17.5. The van der Waals surface area contributed by atoms with Gasteiger partial charge in [-0.1, -0.05) is 35.9 Å². The van der Waals surface area contributed by atoms with Crippen LogP contribution in [0.25, 0.3) is 0 Å². The number of ether oxygens (including phenoxy) is 1. The summed E-state index contributed by atoms with van der Waals surface area (Å²) < 4.78 is 28.7. The quantitative estimate of drug-likeness (QED) is 0.890. The summed E-state index contributed by atoms with van der Waals surface area (Å²) in [7, 11) is -3.01. The largest absolute Gasteiger partial charge is 0.489 e. The first-order valence-electron chi connectivity index (χ1n) is 8.21. The van der Waals surface area contributed by atoms with Crippen LogP contribution >= 0.6 is 0 Å². The number of benzene rings is 2. The number of carbonyl (C=O) groups excluding carboxylic acids is 1. The van der Waals surface area contributed by atoms with Gasteiger partial charge in [0.1, 0.15) is 12.4 Å². The molecule has 1 aliphatic rings. The number of carbonyl (C=O) groups is 1. The van der Waals surface area contributed by atoms with Crippen molar-refractivity contribution >= 4 is 15.7 Å². The second-order valence-electron chi connectivity index (χ2n) is 6.38. The average molecular weight is 359 g/mol. The van der Waals surface area contributed by atoms with Gasteiger partial charge in [-0.25, -0.2) is 8.42 Å². The van der Waals surface area contributed by atoms with Crippen molar-refractivity contribution in [3.8, 4) is 5.75 Å². The summed E-state index contributed by atoms with van der Waals surface area (Å²) in [5.41, 5.74) is 2.69. The van der Waals surface area contributed by atoms with E-state index in [4.69, 9.17) is 4.74 Å². The van der Waals surface area contributed by atoms with Crippen molar-refractivity contribution in [2.45, 2.75) is 26.0 Å². The molecule has 2 aromatic rings. The molecular formula is C19H21NO4S. The highest BCUT2D eigenvalue weighted by Gasteiger charge is 2.29. The molecule has 3 rings (SSSR count). The highest BCUT2D eigenvalue weighted by Crippen LogP contribution is 2.17. The number of nitrogens with one attached hydrogen (secondary N) is 1.